The van der Waals surface area contributed by atoms with Crippen molar-refractivity contribution in [3.63, 3.8) is 0 Å². The van der Waals surface area contributed by atoms with Crippen molar-refractivity contribution in [3.8, 4) is 0 Å². The molecule has 1 aliphatic heterocycles. The van der Waals surface area contributed by atoms with E-state index in [0.29, 0.717) is 11.6 Å². The largest absolute Gasteiger partial charge is 0.481 e. The van der Waals surface area contributed by atoms with Crippen molar-refractivity contribution in [2.75, 3.05) is 18.0 Å². The maximum atomic E-state index is 11.2. The van der Waals surface area contributed by atoms with Crippen molar-refractivity contribution in [3.05, 3.63) is 35.5 Å². The van der Waals surface area contributed by atoms with Crippen LogP contribution in [0.15, 0.2) is 30.5 Å². The summed E-state index contributed by atoms with van der Waals surface area (Å²) >= 11 is 6.17. The first-order chi connectivity index (χ1) is 9.66. The number of carbonyl (C=O) groups is 1. The Morgan fingerprint density at radius 3 is 3.05 bits per heavy atom. The molecule has 3 rings (SSSR count). The van der Waals surface area contributed by atoms with Crippen LogP contribution in [-0.2, 0) is 4.79 Å². The second kappa shape index (κ2) is 5.29. The Hall–Kier alpha value is -1.81. The summed E-state index contributed by atoms with van der Waals surface area (Å²) in [5, 5.41) is 10.8. The number of rotatable bonds is 2. The van der Waals surface area contributed by atoms with Gasteiger partial charge < -0.3 is 10.0 Å². The van der Waals surface area contributed by atoms with E-state index in [0.717, 1.165) is 36.0 Å². The fraction of sp³-hybridized carbons (Fsp3) is 0.333. The molecule has 0 saturated carbocycles. The van der Waals surface area contributed by atoms with E-state index in [-0.39, 0.29) is 5.92 Å². The van der Waals surface area contributed by atoms with Gasteiger partial charge in [0.2, 0.25) is 0 Å². The first kappa shape index (κ1) is 13.2. The third-order valence-electron chi connectivity index (χ3n) is 3.81. The number of hydrogen-bond donors (Lipinski definition) is 1. The lowest BCUT2D eigenvalue weighted by Crippen LogP contribution is -2.38. The molecular weight excluding hydrogens is 276 g/mol. The molecule has 2 heterocycles. The van der Waals surface area contributed by atoms with Gasteiger partial charge in [-0.15, -0.1) is 0 Å². The maximum Gasteiger partial charge on any atom is 0.308 e. The zero-order chi connectivity index (χ0) is 14.1. The summed E-state index contributed by atoms with van der Waals surface area (Å²) in [7, 11) is 0. The minimum atomic E-state index is -0.717. The monoisotopic (exact) mass is 290 g/mol. The molecule has 0 spiro atoms. The highest BCUT2D eigenvalue weighted by Crippen LogP contribution is 2.32. The Morgan fingerprint density at radius 1 is 1.40 bits per heavy atom. The topological polar surface area (TPSA) is 53.4 Å². The van der Waals surface area contributed by atoms with Crippen LogP contribution in [0.3, 0.4) is 0 Å². The normalized spacial score (nSPS) is 19.2. The van der Waals surface area contributed by atoms with E-state index in [1.807, 2.05) is 24.3 Å². The number of nitrogens with zero attached hydrogens (tertiary/aromatic N) is 2. The number of fused-ring (bicyclic) bond motifs is 1. The average Bonchev–Trinajstić information content (AvgIpc) is 2.47. The van der Waals surface area contributed by atoms with Gasteiger partial charge in [-0.05, 0) is 25.0 Å². The van der Waals surface area contributed by atoms with Crippen molar-refractivity contribution in [1.29, 1.82) is 0 Å². The lowest BCUT2D eigenvalue weighted by Gasteiger charge is -2.33. The number of pyridine rings is 1. The highest BCUT2D eigenvalue weighted by molar-refractivity contribution is 6.35. The quantitative estimate of drug-likeness (QED) is 0.923. The van der Waals surface area contributed by atoms with Crippen molar-refractivity contribution in [2.45, 2.75) is 12.8 Å². The van der Waals surface area contributed by atoms with Crippen LogP contribution in [0.5, 0.6) is 0 Å². The van der Waals surface area contributed by atoms with Gasteiger partial charge in [-0.3, -0.25) is 9.78 Å². The number of halogens is 1. The number of hydrogen-bond acceptors (Lipinski definition) is 3. The molecule has 4 nitrogen and oxygen atoms in total. The number of carboxylic acids is 1. The summed E-state index contributed by atoms with van der Waals surface area (Å²) in [4.78, 5) is 17.6. The van der Waals surface area contributed by atoms with Gasteiger partial charge >= 0.3 is 5.97 Å². The molecule has 0 amide bonds. The molecule has 1 fully saturated rings. The summed E-state index contributed by atoms with van der Waals surface area (Å²) in [5.74, 6) is -1.02. The standard InChI is InChI=1S/C15H15ClN2O2/c16-12-5-1-4-11-13(6-7-17-14(11)12)18-8-2-3-10(9-18)15(19)20/h1,4-7,10H,2-3,8-9H2,(H,19,20). The zero-order valence-electron chi connectivity index (χ0n) is 10.9. The summed E-state index contributed by atoms with van der Waals surface area (Å²) in [5.41, 5.74) is 1.78. The lowest BCUT2D eigenvalue weighted by molar-refractivity contribution is -0.141. The Labute approximate surface area is 122 Å². The number of anilines is 1. The first-order valence-corrected chi connectivity index (χ1v) is 7.05. The molecule has 0 aliphatic carbocycles. The van der Waals surface area contributed by atoms with Gasteiger partial charge in [-0.2, -0.15) is 0 Å². The Kier molecular flexibility index (Phi) is 3.49. The third kappa shape index (κ3) is 2.31. The number of aliphatic carboxylic acids is 1. The summed E-state index contributed by atoms with van der Waals surface area (Å²) in [6.07, 6.45) is 3.37. The summed E-state index contributed by atoms with van der Waals surface area (Å²) in [6.45, 7) is 1.41. The number of para-hydroxylation sites is 1. The van der Waals surface area contributed by atoms with Crippen molar-refractivity contribution < 1.29 is 9.90 Å². The van der Waals surface area contributed by atoms with E-state index in [9.17, 15) is 9.90 Å². The van der Waals surface area contributed by atoms with Gasteiger partial charge in [0, 0.05) is 30.4 Å². The second-order valence-corrected chi connectivity index (χ2v) is 5.50. The molecule has 1 atom stereocenters. The molecule has 1 unspecified atom stereocenters. The molecule has 20 heavy (non-hydrogen) atoms. The molecule has 0 radical (unpaired) electrons. The molecule has 1 N–H and O–H groups in total. The van der Waals surface area contributed by atoms with E-state index in [1.54, 1.807) is 6.20 Å². The highest BCUT2D eigenvalue weighted by Gasteiger charge is 2.26. The number of benzene rings is 1. The number of piperidine rings is 1. The van der Waals surface area contributed by atoms with Crippen LogP contribution in [0.25, 0.3) is 10.9 Å². The highest BCUT2D eigenvalue weighted by atomic mass is 35.5. The van der Waals surface area contributed by atoms with Crippen LogP contribution in [0, 0.1) is 5.92 Å². The Balaban J connectivity index is 2.02. The number of aromatic nitrogens is 1. The molecular formula is C15H15ClN2O2. The zero-order valence-corrected chi connectivity index (χ0v) is 11.7. The van der Waals surface area contributed by atoms with Crippen molar-refractivity contribution >= 4 is 34.2 Å². The van der Waals surface area contributed by atoms with Crippen molar-refractivity contribution in [2.24, 2.45) is 5.92 Å². The van der Waals surface area contributed by atoms with E-state index in [2.05, 4.69) is 9.88 Å². The molecule has 2 aromatic rings. The first-order valence-electron chi connectivity index (χ1n) is 6.68. The minimum absolute atomic E-state index is 0.300. The second-order valence-electron chi connectivity index (χ2n) is 5.09. The van der Waals surface area contributed by atoms with Crippen LogP contribution in [-0.4, -0.2) is 29.1 Å². The van der Waals surface area contributed by atoms with Gasteiger partial charge in [-0.1, -0.05) is 23.7 Å². The molecule has 5 heteroatoms. The van der Waals surface area contributed by atoms with E-state index >= 15 is 0 Å². The van der Waals surface area contributed by atoms with Gasteiger partial charge in [0.25, 0.3) is 0 Å². The summed E-state index contributed by atoms with van der Waals surface area (Å²) in [6, 6.07) is 7.63. The van der Waals surface area contributed by atoms with Gasteiger partial charge in [0.05, 0.1) is 16.5 Å². The number of carboxylic acid groups (broad SMARTS) is 1. The Morgan fingerprint density at radius 2 is 2.25 bits per heavy atom. The smallest absolute Gasteiger partial charge is 0.308 e. The van der Waals surface area contributed by atoms with Crippen molar-refractivity contribution in [1.82, 2.24) is 4.98 Å². The molecule has 1 aromatic heterocycles. The van der Waals surface area contributed by atoms with Crippen LogP contribution in [0.1, 0.15) is 12.8 Å². The SMILES string of the molecule is O=C(O)C1CCCN(c2ccnc3c(Cl)cccc23)C1. The van der Waals surface area contributed by atoms with Crippen LogP contribution in [0.4, 0.5) is 5.69 Å². The fourth-order valence-electron chi connectivity index (χ4n) is 2.80. The fourth-order valence-corrected chi connectivity index (χ4v) is 3.02. The van der Waals surface area contributed by atoms with E-state index in [4.69, 9.17) is 11.6 Å². The summed E-state index contributed by atoms with van der Waals surface area (Å²) < 4.78 is 0. The molecule has 1 aromatic carbocycles. The predicted octanol–water partition coefficient (Wildman–Crippen LogP) is 3.19. The molecule has 1 aliphatic rings. The third-order valence-corrected chi connectivity index (χ3v) is 4.12. The van der Waals surface area contributed by atoms with Gasteiger partial charge in [0.1, 0.15) is 0 Å². The lowest BCUT2D eigenvalue weighted by atomic mass is 9.97. The van der Waals surface area contributed by atoms with E-state index < -0.39 is 5.97 Å². The van der Waals surface area contributed by atoms with Gasteiger partial charge in [-0.25, -0.2) is 0 Å². The van der Waals surface area contributed by atoms with E-state index in [1.165, 1.54) is 0 Å². The predicted molar refractivity (Wildman–Crippen MR) is 79.3 cm³/mol. The van der Waals surface area contributed by atoms with Gasteiger partial charge in [0.15, 0.2) is 0 Å². The van der Waals surface area contributed by atoms with Crippen LogP contribution in [0.2, 0.25) is 5.02 Å². The Bertz CT molecular complexity index is 659. The average molecular weight is 291 g/mol. The minimum Gasteiger partial charge on any atom is -0.481 e. The molecule has 0 bridgehead atoms. The maximum absolute atomic E-state index is 11.2. The molecule has 104 valence electrons. The molecule has 1 saturated heterocycles. The van der Waals surface area contributed by atoms with Crippen LogP contribution >= 0.6 is 11.6 Å². The van der Waals surface area contributed by atoms with Crippen LogP contribution < -0.4 is 4.90 Å².